The Hall–Kier alpha value is -3.84. The van der Waals surface area contributed by atoms with E-state index in [1.54, 1.807) is 48.5 Å². The number of alkyl halides is 2. The third-order valence-electron chi connectivity index (χ3n) is 5.12. The lowest BCUT2D eigenvalue weighted by molar-refractivity contribution is 0.219. The molecule has 3 aromatic rings. The van der Waals surface area contributed by atoms with Gasteiger partial charge >= 0.3 is 0 Å². The number of rotatable bonds is 3. The number of aromatic amines is 1. The second kappa shape index (κ2) is 7.29. The van der Waals surface area contributed by atoms with E-state index in [0.29, 0.717) is 11.1 Å². The zero-order chi connectivity index (χ0) is 20.5. The van der Waals surface area contributed by atoms with Crippen molar-refractivity contribution in [2.24, 2.45) is 10.9 Å². The van der Waals surface area contributed by atoms with E-state index < -0.39 is 24.0 Å². The topological polar surface area (TPSA) is 88.6 Å². The summed E-state index contributed by atoms with van der Waals surface area (Å²) >= 11 is 0. The molecule has 2 aromatic carbocycles. The van der Waals surface area contributed by atoms with Gasteiger partial charge < -0.3 is 0 Å². The van der Waals surface area contributed by atoms with Crippen molar-refractivity contribution in [1.29, 1.82) is 10.5 Å². The molecule has 4 rings (SSSR count). The molecule has 0 fully saturated rings. The minimum Gasteiger partial charge on any atom is -0.282 e. The van der Waals surface area contributed by atoms with Gasteiger partial charge in [0.25, 0.3) is 6.43 Å². The van der Waals surface area contributed by atoms with Gasteiger partial charge in [-0.1, -0.05) is 36.4 Å². The van der Waals surface area contributed by atoms with Crippen molar-refractivity contribution in [1.82, 2.24) is 10.2 Å². The second-order valence-electron chi connectivity index (χ2n) is 6.79. The van der Waals surface area contributed by atoms with E-state index in [4.69, 9.17) is 0 Å². The molecule has 2 atom stereocenters. The van der Waals surface area contributed by atoms with E-state index in [1.165, 1.54) is 0 Å². The van der Waals surface area contributed by atoms with Crippen LogP contribution in [0.15, 0.2) is 59.1 Å². The summed E-state index contributed by atoms with van der Waals surface area (Å²) in [6, 6.07) is 18.1. The first kappa shape index (κ1) is 18.5. The van der Waals surface area contributed by atoms with Gasteiger partial charge in [0.05, 0.1) is 28.9 Å². The lowest BCUT2D eigenvalue weighted by Crippen LogP contribution is -2.31. The predicted octanol–water partition coefficient (Wildman–Crippen LogP) is 4.75. The normalized spacial score (nSPS) is 19.2. The molecule has 0 spiro atoms. The van der Waals surface area contributed by atoms with Gasteiger partial charge in [0, 0.05) is 22.6 Å². The van der Waals surface area contributed by atoms with Crippen LogP contribution in [-0.4, -0.2) is 22.3 Å². The monoisotopic (exact) mass is 387 g/mol. The minimum atomic E-state index is -2.90. The molecule has 0 saturated carbocycles. The maximum Gasteiger partial charge on any atom is 0.277 e. The Kier molecular flexibility index (Phi) is 4.66. The highest BCUT2D eigenvalue weighted by Gasteiger charge is 2.40. The quantitative estimate of drug-likeness (QED) is 0.703. The summed E-state index contributed by atoms with van der Waals surface area (Å²) in [6.07, 6.45) is -2.90. The number of nitrogens with one attached hydrogen (secondary N) is 1. The smallest absolute Gasteiger partial charge is 0.277 e. The number of allylic oxidation sites excluding steroid dienone is 1. The number of H-pyrrole nitrogens is 1. The zero-order valence-electron chi connectivity index (χ0n) is 15.4. The lowest BCUT2D eigenvalue weighted by atomic mass is 9.75. The van der Waals surface area contributed by atoms with Crippen molar-refractivity contribution in [2.45, 2.75) is 19.3 Å². The van der Waals surface area contributed by atoms with Gasteiger partial charge in [0.2, 0.25) is 0 Å². The third-order valence-corrected chi connectivity index (χ3v) is 5.12. The number of aliphatic imine (C=N–C) groups is 1. The van der Waals surface area contributed by atoms with Crippen LogP contribution >= 0.6 is 0 Å². The Bertz CT molecular complexity index is 1230. The Morgan fingerprint density at radius 3 is 2.52 bits per heavy atom. The Balaban J connectivity index is 1.99. The molecule has 0 radical (unpaired) electrons. The van der Waals surface area contributed by atoms with Crippen molar-refractivity contribution in [3.05, 3.63) is 70.9 Å². The fourth-order valence-corrected chi connectivity index (χ4v) is 3.72. The summed E-state index contributed by atoms with van der Waals surface area (Å²) in [5.74, 6) is -2.08. The van der Waals surface area contributed by atoms with Gasteiger partial charge in [-0.25, -0.2) is 13.8 Å². The summed E-state index contributed by atoms with van der Waals surface area (Å²) in [6.45, 7) is 1.85. The SMILES string of the molecule is Cc1[nH]nc2ccc(C3C(C#N)=C(c4ccccc4)N=C(C(F)F)C3C#N)cc12. The van der Waals surface area contributed by atoms with E-state index in [0.717, 1.165) is 16.6 Å². The summed E-state index contributed by atoms with van der Waals surface area (Å²) < 4.78 is 27.7. The predicted molar refractivity (Wildman–Crippen MR) is 105 cm³/mol. The lowest BCUT2D eigenvalue weighted by Gasteiger charge is -2.29. The van der Waals surface area contributed by atoms with E-state index in [-0.39, 0.29) is 11.3 Å². The van der Waals surface area contributed by atoms with Gasteiger partial charge in [-0.05, 0) is 24.6 Å². The van der Waals surface area contributed by atoms with Crippen LogP contribution in [-0.2, 0) is 0 Å². The molecule has 1 aromatic heterocycles. The molecule has 2 heterocycles. The van der Waals surface area contributed by atoms with Crippen LogP contribution in [0.2, 0.25) is 0 Å². The van der Waals surface area contributed by atoms with Crippen LogP contribution in [0.1, 0.15) is 22.7 Å². The number of fused-ring (bicyclic) bond motifs is 1. The molecule has 1 aliphatic heterocycles. The number of aryl methyl sites for hydroxylation is 1. The number of halogens is 2. The first-order valence-electron chi connectivity index (χ1n) is 8.95. The Morgan fingerprint density at radius 1 is 1.10 bits per heavy atom. The zero-order valence-corrected chi connectivity index (χ0v) is 15.4. The molecule has 29 heavy (non-hydrogen) atoms. The van der Waals surface area contributed by atoms with E-state index >= 15 is 0 Å². The summed E-state index contributed by atoms with van der Waals surface area (Å²) in [5, 5.41) is 27.5. The summed E-state index contributed by atoms with van der Waals surface area (Å²) in [4.78, 5) is 4.08. The average molecular weight is 387 g/mol. The molecular formula is C22H15F2N5. The molecular weight excluding hydrogens is 372 g/mol. The fraction of sp³-hybridized carbons (Fsp3) is 0.182. The van der Waals surface area contributed by atoms with Crippen molar-refractivity contribution in [3.63, 3.8) is 0 Å². The Morgan fingerprint density at radius 2 is 1.86 bits per heavy atom. The Labute approximate surface area is 165 Å². The second-order valence-corrected chi connectivity index (χ2v) is 6.79. The van der Waals surface area contributed by atoms with E-state index in [2.05, 4.69) is 21.3 Å². The number of benzene rings is 2. The van der Waals surface area contributed by atoms with Crippen molar-refractivity contribution in [3.8, 4) is 12.1 Å². The number of nitrogens with zero attached hydrogens (tertiary/aromatic N) is 4. The van der Waals surface area contributed by atoms with E-state index in [1.807, 2.05) is 13.0 Å². The number of hydrogen-bond acceptors (Lipinski definition) is 4. The first-order valence-corrected chi connectivity index (χ1v) is 8.95. The number of aromatic nitrogens is 2. The molecule has 7 heteroatoms. The number of hydrogen-bond donors (Lipinski definition) is 1. The van der Waals surface area contributed by atoms with Gasteiger partial charge in [0.1, 0.15) is 11.6 Å². The molecule has 2 unspecified atom stereocenters. The molecule has 0 bridgehead atoms. The molecule has 142 valence electrons. The summed E-state index contributed by atoms with van der Waals surface area (Å²) in [5.41, 5.74) is 2.58. The minimum absolute atomic E-state index is 0.184. The molecule has 1 N–H and O–H groups in total. The maximum atomic E-state index is 13.8. The van der Waals surface area contributed by atoms with Gasteiger partial charge in [-0.3, -0.25) is 5.10 Å². The van der Waals surface area contributed by atoms with Crippen molar-refractivity contribution < 1.29 is 8.78 Å². The summed E-state index contributed by atoms with van der Waals surface area (Å²) in [7, 11) is 0. The molecule has 5 nitrogen and oxygen atoms in total. The molecule has 0 amide bonds. The largest absolute Gasteiger partial charge is 0.282 e. The van der Waals surface area contributed by atoms with Crippen LogP contribution in [0, 0.1) is 35.5 Å². The van der Waals surface area contributed by atoms with Gasteiger partial charge in [0.15, 0.2) is 0 Å². The molecule has 1 aliphatic rings. The standard InChI is InChI=1S/C22H15F2N5/c1-12-15-9-14(7-8-18(15)29-28-12)19-16(10-25)20(13-5-3-2-4-6-13)27-21(22(23)24)17(19)11-26/h2-9,17,19,22H,1H3,(H,28,29). The number of nitriles is 2. The average Bonchev–Trinajstić information content (AvgIpc) is 3.12. The van der Waals surface area contributed by atoms with E-state index in [9.17, 15) is 19.3 Å². The van der Waals surface area contributed by atoms with Crippen LogP contribution in [0.3, 0.4) is 0 Å². The van der Waals surface area contributed by atoms with Gasteiger partial charge in [-0.15, -0.1) is 0 Å². The van der Waals surface area contributed by atoms with Crippen LogP contribution in [0.25, 0.3) is 16.6 Å². The highest BCUT2D eigenvalue weighted by atomic mass is 19.3. The fourth-order valence-electron chi connectivity index (χ4n) is 3.72. The van der Waals surface area contributed by atoms with Crippen LogP contribution < -0.4 is 0 Å². The van der Waals surface area contributed by atoms with Crippen LogP contribution in [0.4, 0.5) is 8.78 Å². The van der Waals surface area contributed by atoms with Gasteiger partial charge in [-0.2, -0.15) is 15.6 Å². The molecule has 0 aliphatic carbocycles. The third kappa shape index (κ3) is 3.07. The molecule has 0 saturated heterocycles. The van der Waals surface area contributed by atoms with Crippen LogP contribution in [0.5, 0.6) is 0 Å². The highest BCUT2D eigenvalue weighted by Crippen LogP contribution is 2.43. The first-order chi connectivity index (χ1) is 14.0. The maximum absolute atomic E-state index is 13.8. The highest BCUT2D eigenvalue weighted by molar-refractivity contribution is 6.00. The van der Waals surface area contributed by atoms with Crippen molar-refractivity contribution in [2.75, 3.05) is 0 Å². The van der Waals surface area contributed by atoms with Crippen molar-refractivity contribution >= 4 is 22.3 Å².